The van der Waals surface area contributed by atoms with Crippen molar-refractivity contribution in [1.29, 1.82) is 0 Å². The van der Waals surface area contributed by atoms with Gasteiger partial charge in [0.15, 0.2) is 6.29 Å². The minimum Gasteiger partial charge on any atom is -0.494 e. The third kappa shape index (κ3) is 2.97. The van der Waals surface area contributed by atoms with Gasteiger partial charge in [-0.25, -0.2) is 0 Å². The molecule has 16 heavy (non-hydrogen) atoms. The fourth-order valence-corrected chi connectivity index (χ4v) is 1.57. The van der Waals surface area contributed by atoms with Crippen LogP contribution in [-0.4, -0.2) is 19.5 Å². The minimum atomic E-state index is 0.112. The molecule has 0 heterocycles. The fraction of sp³-hybridized carbons (Fsp3) is 0.417. The van der Waals surface area contributed by atoms with Gasteiger partial charge in [0.2, 0.25) is 0 Å². The number of ether oxygens (including phenoxy) is 2. The van der Waals surface area contributed by atoms with Crippen LogP contribution in [0.3, 0.4) is 0 Å². The molecule has 88 valence electrons. The van der Waals surface area contributed by atoms with Crippen LogP contribution >= 0.6 is 11.6 Å². The maximum Gasteiger partial charge on any atom is 0.154 e. The summed E-state index contributed by atoms with van der Waals surface area (Å²) in [5.74, 6) is 0.404. The molecule has 3 nitrogen and oxygen atoms in total. The largest absolute Gasteiger partial charge is 0.494 e. The summed E-state index contributed by atoms with van der Waals surface area (Å²) < 4.78 is 10.5. The standard InChI is InChI=1S/C12H15ClO3/c1-8(2)16-7-9-4-5-11(13)12(15-3)10(9)6-14/h4-6,8H,7H2,1-3H3. The Labute approximate surface area is 100 Å². The van der Waals surface area contributed by atoms with Crippen LogP contribution in [0.5, 0.6) is 5.75 Å². The molecule has 0 aliphatic rings. The molecule has 1 aromatic rings. The molecule has 4 heteroatoms. The van der Waals surface area contributed by atoms with E-state index in [0.29, 0.717) is 22.9 Å². The van der Waals surface area contributed by atoms with Crippen molar-refractivity contribution >= 4 is 17.9 Å². The topological polar surface area (TPSA) is 35.5 Å². The third-order valence-electron chi connectivity index (χ3n) is 2.13. The molecular weight excluding hydrogens is 228 g/mol. The SMILES string of the molecule is COc1c(Cl)ccc(COC(C)C)c1C=O. The second-order valence-corrected chi connectivity index (χ2v) is 4.04. The summed E-state index contributed by atoms with van der Waals surface area (Å²) in [6.07, 6.45) is 0.852. The first-order valence-electron chi connectivity index (χ1n) is 5.02. The van der Waals surface area contributed by atoms with E-state index in [0.717, 1.165) is 11.8 Å². The third-order valence-corrected chi connectivity index (χ3v) is 2.43. The van der Waals surface area contributed by atoms with Crippen molar-refractivity contribution in [3.05, 3.63) is 28.3 Å². The minimum absolute atomic E-state index is 0.112. The molecule has 0 aromatic heterocycles. The number of benzene rings is 1. The van der Waals surface area contributed by atoms with Gasteiger partial charge in [-0.3, -0.25) is 4.79 Å². The molecule has 0 aliphatic heterocycles. The average molecular weight is 243 g/mol. The maximum atomic E-state index is 11.0. The van der Waals surface area contributed by atoms with Crippen molar-refractivity contribution in [1.82, 2.24) is 0 Å². The lowest BCUT2D eigenvalue weighted by Crippen LogP contribution is -2.05. The van der Waals surface area contributed by atoms with Gasteiger partial charge in [-0.2, -0.15) is 0 Å². The Morgan fingerprint density at radius 3 is 2.62 bits per heavy atom. The van der Waals surface area contributed by atoms with Gasteiger partial charge in [-0.15, -0.1) is 0 Å². The first-order valence-corrected chi connectivity index (χ1v) is 5.40. The van der Waals surface area contributed by atoms with Crippen LogP contribution in [0.2, 0.25) is 5.02 Å². The van der Waals surface area contributed by atoms with E-state index < -0.39 is 0 Å². The highest BCUT2D eigenvalue weighted by atomic mass is 35.5. The van der Waals surface area contributed by atoms with Gasteiger partial charge in [0.25, 0.3) is 0 Å². The molecule has 0 saturated heterocycles. The second kappa shape index (κ2) is 5.87. The summed E-state index contributed by atoms with van der Waals surface area (Å²) in [5.41, 5.74) is 1.24. The maximum absolute atomic E-state index is 11.0. The number of methoxy groups -OCH3 is 1. The van der Waals surface area contributed by atoms with Gasteiger partial charge < -0.3 is 9.47 Å². The van der Waals surface area contributed by atoms with Crippen molar-refractivity contribution in [2.24, 2.45) is 0 Å². The highest BCUT2D eigenvalue weighted by Crippen LogP contribution is 2.30. The normalized spacial score (nSPS) is 10.6. The van der Waals surface area contributed by atoms with E-state index in [-0.39, 0.29) is 6.10 Å². The Kier molecular flexibility index (Phi) is 4.77. The van der Waals surface area contributed by atoms with E-state index in [1.54, 1.807) is 12.1 Å². The summed E-state index contributed by atoms with van der Waals surface area (Å²) in [6.45, 7) is 4.25. The molecule has 0 amide bonds. The van der Waals surface area contributed by atoms with Gasteiger partial charge in [-0.1, -0.05) is 17.7 Å². The fourth-order valence-electron chi connectivity index (χ4n) is 1.33. The molecule has 0 saturated carbocycles. The van der Waals surface area contributed by atoms with Crippen molar-refractivity contribution in [2.45, 2.75) is 26.6 Å². The monoisotopic (exact) mass is 242 g/mol. The second-order valence-electron chi connectivity index (χ2n) is 3.63. The predicted octanol–water partition coefficient (Wildman–Crippen LogP) is 3.09. The Morgan fingerprint density at radius 2 is 2.12 bits per heavy atom. The van der Waals surface area contributed by atoms with Crippen molar-refractivity contribution in [3.63, 3.8) is 0 Å². The number of carbonyl (C=O) groups is 1. The lowest BCUT2D eigenvalue weighted by molar-refractivity contribution is 0.0650. The highest BCUT2D eigenvalue weighted by Gasteiger charge is 2.12. The van der Waals surface area contributed by atoms with Crippen molar-refractivity contribution in [2.75, 3.05) is 7.11 Å². The number of halogens is 1. The molecule has 0 atom stereocenters. The van der Waals surface area contributed by atoms with E-state index >= 15 is 0 Å². The molecule has 1 aromatic carbocycles. The van der Waals surface area contributed by atoms with E-state index in [1.807, 2.05) is 13.8 Å². The molecule has 0 spiro atoms. The average Bonchev–Trinajstić information content (AvgIpc) is 2.26. The zero-order chi connectivity index (χ0) is 12.1. The number of rotatable bonds is 5. The van der Waals surface area contributed by atoms with Crippen LogP contribution in [0.15, 0.2) is 12.1 Å². The number of carbonyl (C=O) groups excluding carboxylic acids is 1. The van der Waals surface area contributed by atoms with Crippen LogP contribution < -0.4 is 4.74 Å². The molecule has 1 rings (SSSR count). The lowest BCUT2D eigenvalue weighted by atomic mass is 10.1. The molecule has 0 aliphatic carbocycles. The smallest absolute Gasteiger partial charge is 0.154 e. The lowest BCUT2D eigenvalue weighted by Gasteiger charge is -2.12. The van der Waals surface area contributed by atoms with Gasteiger partial charge >= 0.3 is 0 Å². The van der Waals surface area contributed by atoms with Gasteiger partial charge in [0.1, 0.15) is 5.75 Å². The first-order chi connectivity index (χ1) is 7.60. The van der Waals surface area contributed by atoms with Crippen LogP contribution in [0.25, 0.3) is 0 Å². The quantitative estimate of drug-likeness (QED) is 0.745. The zero-order valence-corrected chi connectivity index (χ0v) is 10.4. The molecule has 0 N–H and O–H groups in total. The van der Waals surface area contributed by atoms with Gasteiger partial charge in [0, 0.05) is 0 Å². The highest BCUT2D eigenvalue weighted by molar-refractivity contribution is 6.32. The van der Waals surface area contributed by atoms with Gasteiger partial charge in [0.05, 0.1) is 30.4 Å². The molecule has 0 radical (unpaired) electrons. The van der Waals surface area contributed by atoms with Gasteiger partial charge in [-0.05, 0) is 25.5 Å². The summed E-state index contributed by atoms with van der Waals surface area (Å²) in [7, 11) is 1.49. The Bertz CT molecular complexity index is 375. The summed E-state index contributed by atoms with van der Waals surface area (Å²) in [4.78, 5) is 11.0. The zero-order valence-electron chi connectivity index (χ0n) is 9.62. The molecule has 0 bridgehead atoms. The Morgan fingerprint density at radius 1 is 1.44 bits per heavy atom. The predicted molar refractivity (Wildman–Crippen MR) is 63.3 cm³/mol. The van der Waals surface area contributed by atoms with Crippen molar-refractivity contribution in [3.8, 4) is 5.75 Å². The Balaban J connectivity index is 3.04. The van der Waals surface area contributed by atoms with E-state index in [2.05, 4.69) is 0 Å². The van der Waals surface area contributed by atoms with Crippen LogP contribution in [0, 0.1) is 0 Å². The van der Waals surface area contributed by atoms with Crippen molar-refractivity contribution < 1.29 is 14.3 Å². The summed E-state index contributed by atoms with van der Waals surface area (Å²) in [5, 5.41) is 0.429. The summed E-state index contributed by atoms with van der Waals surface area (Å²) >= 11 is 5.92. The molecular formula is C12H15ClO3. The Hall–Kier alpha value is -1.06. The van der Waals surface area contributed by atoms with Crippen LogP contribution in [0.4, 0.5) is 0 Å². The number of hydrogen-bond acceptors (Lipinski definition) is 3. The van der Waals surface area contributed by atoms with E-state index in [1.165, 1.54) is 7.11 Å². The van der Waals surface area contributed by atoms with E-state index in [9.17, 15) is 4.79 Å². The number of aldehydes is 1. The first kappa shape index (κ1) is 13.0. The molecule has 0 unspecified atom stereocenters. The number of hydrogen-bond donors (Lipinski definition) is 0. The summed E-state index contributed by atoms with van der Waals surface area (Å²) in [6, 6.07) is 3.48. The van der Waals surface area contributed by atoms with Crippen LogP contribution in [-0.2, 0) is 11.3 Å². The molecule has 0 fully saturated rings. The van der Waals surface area contributed by atoms with Crippen LogP contribution in [0.1, 0.15) is 29.8 Å². The van der Waals surface area contributed by atoms with E-state index in [4.69, 9.17) is 21.1 Å².